The highest BCUT2D eigenvalue weighted by Crippen LogP contribution is 2.49. The SMILES string of the molecule is CC1(C(=O)O)Cc2cncc(-c3ccc(C#N)c4ccccc34)c2S1. The van der Waals surface area contributed by atoms with Crippen molar-refractivity contribution in [3.63, 3.8) is 0 Å². The van der Waals surface area contributed by atoms with Gasteiger partial charge in [-0.1, -0.05) is 30.3 Å². The van der Waals surface area contributed by atoms with E-state index in [4.69, 9.17) is 0 Å². The Morgan fingerprint density at radius 2 is 1.96 bits per heavy atom. The largest absolute Gasteiger partial charge is 0.480 e. The van der Waals surface area contributed by atoms with Crippen molar-refractivity contribution in [1.29, 1.82) is 5.26 Å². The van der Waals surface area contributed by atoms with E-state index in [2.05, 4.69) is 11.1 Å². The van der Waals surface area contributed by atoms with E-state index in [1.54, 1.807) is 19.3 Å². The van der Waals surface area contributed by atoms with Crippen molar-refractivity contribution in [3.05, 3.63) is 59.9 Å². The number of benzene rings is 2. The van der Waals surface area contributed by atoms with Crippen LogP contribution in [0.5, 0.6) is 0 Å². The number of aromatic nitrogens is 1. The fourth-order valence-electron chi connectivity index (χ4n) is 3.31. The fraction of sp³-hybridized carbons (Fsp3) is 0.150. The highest BCUT2D eigenvalue weighted by Gasteiger charge is 2.42. The molecule has 0 spiro atoms. The van der Waals surface area contributed by atoms with E-state index in [0.717, 1.165) is 32.4 Å². The summed E-state index contributed by atoms with van der Waals surface area (Å²) in [6.07, 6.45) is 4.00. The zero-order chi connectivity index (χ0) is 17.6. The Morgan fingerprint density at radius 1 is 1.20 bits per heavy atom. The van der Waals surface area contributed by atoms with Crippen LogP contribution in [0.4, 0.5) is 0 Å². The number of pyridine rings is 1. The average molecular weight is 346 g/mol. The van der Waals surface area contributed by atoms with Crippen molar-refractivity contribution in [1.82, 2.24) is 4.98 Å². The summed E-state index contributed by atoms with van der Waals surface area (Å²) in [6, 6.07) is 13.7. The Morgan fingerprint density at radius 3 is 2.68 bits per heavy atom. The van der Waals surface area contributed by atoms with Gasteiger partial charge in [0.1, 0.15) is 4.75 Å². The maximum Gasteiger partial charge on any atom is 0.320 e. The van der Waals surface area contributed by atoms with Gasteiger partial charge in [-0.25, -0.2) is 0 Å². The number of carboxylic acids is 1. The summed E-state index contributed by atoms with van der Waals surface area (Å²) in [4.78, 5) is 17.0. The van der Waals surface area contributed by atoms with Gasteiger partial charge in [-0.3, -0.25) is 9.78 Å². The van der Waals surface area contributed by atoms with Crippen LogP contribution >= 0.6 is 11.8 Å². The van der Waals surface area contributed by atoms with Crippen molar-refractivity contribution in [2.75, 3.05) is 0 Å². The first-order valence-electron chi connectivity index (χ1n) is 7.85. The van der Waals surface area contributed by atoms with Crippen molar-refractivity contribution < 1.29 is 9.90 Å². The predicted molar refractivity (Wildman–Crippen MR) is 97.5 cm³/mol. The number of thioether (sulfide) groups is 1. The summed E-state index contributed by atoms with van der Waals surface area (Å²) in [7, 11) is 0. The fourth-order valence-corrected chi connectivity index (χ4v) is 4.60. The molecule has 1 atom stereocenters. The van der Waals surface area contributed by atoms with Gasteiger partial charge in [0, 0.05) is 34.7 Å². The topological polar surface area (TPSA) is 74.0 Å². The van der Waals surface area contributed by atoms with Crippen LogP contribution in [-0.2, 0) is 11.2 Å². The molecule has 0 saturated carbocycles. The molecule has 0 saturated heterocycles. The van der Waals surface area contributed by atoms with Crippen LogP contribution in [0, 0.1) is 11.3 Å². The molecule has 1 aromatic heterocycles. The van der Waals surface area contributed by atoms with Crippen LogP contribution in [-0.4, -0.2) is 20.8 Å². The molecule has 3 aromatic rings. The molecule has 1 aliphatic rings. The highest BCUT2D eigenvalue weighted by atomic mass is 32.2. The third-order valence-corrected chi connectivity index (χ3v) is 6.07. The van der Waals surface area contributed by atoms with E-state index in [9.17, 15) is 15.2 Å². The smallest absolute Gasteiger partial charge is 0.320 e. The summed E-state index contributed by atoms with van der Waals surface area (Å²) in [5.74, 6) is -0.815. The lowest BCUT2D eigenvalue weighted by Gasteiger charge is -2.16. The molecule has 5 heteroatoms. The van der Waals surface area contributed by atoms with Gasteiger partial charge in [0.25, 0.3) is 0 Å². The number of rotatable bonds is 2. The van der Waals surface area contributed by atoms with Crippen LogP contribution in [0.15, 0.2) is 53.7 Å². The second-order valence-corrected chi connectivity index (χ2v) is 7.82. The number of carbonyl (C=O) groups is 1. The van der Waals surface area contributed by atoms with Crippen LogP contribution in [0.3, 0.4) is 0 Å². The zero-order valence-corrected chi connectivity index (χ0v) is 14.3. The standard InChI is InChI=1S/C20H14N2O2S/c1-20(19(23)24)8-13-10-22-11-17(18(13)25-20)16-7-6-12(9-21)14-4-2-3-5-15(14)16/h2-7,10-11H,8H2,1H3,(H,23,24). The lowest BCUT2D eigenvalue weighted by Crippen LogP contribution is -2.30. The number of fused-ring (bicyclic) bond motifs is 2. The Hall–Kier alpha value is -2.84. The molecule has 1 N–H and O–H groups in total. The molecule has 25 heavy (non-hydrogen) atoms. The molecule has 0 amide bonds. The molecule has 4 nitrogen and oxygen atoms in total. The zero-order valence-electron chi connectivity index (χ0n) is 13.5. The number of aliphatic carboxylic acids is 1. The molecule has 2 aromatic carbocycles. The van der Waals surface area contributed by atoms with E-state index < -0.39 is 10.7 Å². The Labute approximate surface area is 149 Å². The van der Waals surface area contributed by atoms with Gasteiger partial charge in [-0.15, -0.1) is 11.8 Å². The van der Waals surface area contributed by atoms with Crippen LogP contribution in [0.25, 0.3) is 21.9 Å². The second kappa shape index (κ2) is 5.61. The molecule has 1 unspecified atom stereocenters. The predicted octanol–water partition coefficient (Wildman–Crippen LogP) is 4.26. The molecule has 0 aliphatic carbocycles. The quantitative estimate of drug-likeness (QED) is 0.750. The minimum Gasteiger partial charge on any atom is -0.480 e. The van der Waals surface area contributed by atoms with Crippen molar-refractivity contribution >= 4 is 28.5 Å². The molecule has 0 fully saturated rings. The molecule has 4 rings (SSSR count). The molecule has 1 aliphatic heterocycles. The second-order valence-electron chi connectivity index (χ2n) is 6.31. The van der Waals surface area contributed by atoms with Gasteiger partial charge in [0.2, 0.25) is 0 Å². The minimum atomic E-state index is -0.873. The van der Waals surface area contributed by atoms with E-state index in [0.29, 0.717) is 12.0 Å². The lowest BCUT2D eigenvalue weighted by atomic mass is 9.94. The van der Waals surface area contributed by atoms with E-state index in [-0.39, 0.29) is 0 Å². The Kier molecular flexibility index (Phi) is 3.52. The van der Waals surface area contributed by atoms with Crippen LogP contribution in [0.1, 0.15) is 18.1 Å². The molecular weight excluding hydrogens is 332 g/mol. The molecule has 0 bridgehead atoms. The van der Waals surface area contributed by atoms with Gasteiger partial charge in [0.15, 0.2) is 0 Å². The molecule has 0 radical (unpaired) electrons. The normalized spacial score (nSPS) is 18.7. The summed E-state index contributed by atoms with van der Waals surface area (Å²) in [6.45, 7) is 1.75. The van der Waals surface area contributed by atoms with Crippen molar-refractivity contribution in [3.8, 4) is 17.2 Å². The highest BCUT2D eigenvalue weighted by molar-refractivity contribution is 8.01. The molecular formula is C20H14N2O2S. The van der Waals surface area contributed by atoms with Gasteiger partial charge >= 0.3 is 5.97 Å². The van der Waals surface area contributed by atoms with E-state index in [1.807, 2.05) is 36.4 Å². The van der Waals surface area contributed by atoms with Crippen molar-refractivity contribution in [2.45, 2.75) is 23.0 Å². The summed E-state index contributed by atoms with van der Waals surface area (Å²) < 4.78 is -0.873. The third-order valence-electron chi connectivity index (χ3n) is 4.61. The third kappa shape index (κ3) is 2.38. The van der Waals surface area contributed by atoms with Gasteiger partial charge in [0.05, 0.1) is 11.6 Å². The number of hydrogen-bond acceptors (Lipinski definition) is 4. The molecule has 122 valence electrons. The van der Waals surface area contributed by atoms with Gasteiger partial charge in [-0.05, 0) is 29.5 Å². The van der Waals surface area contributed by atoms with Crippen LogP contribution < -0.4 is 0 Å². The number of nitrogens with zero attached hydrogens (tertiary/aromatic N) is 2. The monoisotopic (exact) mass is 346 g/mol. The summed E-state index contributed by atoms with van der Waals surface area (Å²) in [5.41, 5.74) is 3.48. The maximum absolute atomic E-state index is 11.7. The first-order chi connectivity index (χ1) is 12.0. The van der Waals surface area contributed by atoms with Crippen molar-refractivity contribution in [2.24, 2.45) is 0 Å². The number of hydrogen-bond donors (Lipinski definition) is 1. The maximum atomic E-state index is 11.7. The lowest BCUT2D eigenvalue weighted by molar-refractivity contribution is -0.139. The van der Waals surface area contributed by atoms with Crippen LogP contribution in [0.2, 0.25) is 0 Å². The number of nitriles is 1. The summed E-state index contributed by atoms with van der Waals surface area (Å²) in [5, 5.41) is 20.8. The van der Waals surface area contributed by atoms with E-state index >= 15 is 0 Å². The minimum absolute atomic E-state index is 0.456. The first kappa shape index (κ1) is 15.7. The number of carboxylic acid groups (broad SMARTS) is 1. The Bertz CT molecular complexity index is 1070. The molecule has 2 heterocycles. The first-order valence-corrected chi connectivity index (χ1v) is 8.66. The van der Waals surface area contributed by atoms with Gasteiger partial charge in [-0.2, -0.15) is 5.26 Å². The average Bonchev–Trinajstić information content (AvgIpc) is 2.98. The Balaban J connectivity index is 1.96. The van der Waals surface area contributed by atoms with Gasteiger partial charge < -0.3 is 5.11 Å². The summed E-state index contributed by atoms with van der Waals surface area (Å²) >= 11 is 1.38. The van der Waals surface area contributed by atoms with E-state index in [1.165, 1.54) is 11.8 Å².